The van der Waals surface area contributed by atoms with Crippen LogP contribution >= 0.6 is 0 Å². The van der Waals surface area contributed by atoms with E-state index in [4.69, 9.17) is 10.1 Å². The summed E-state index contributed by atoms with van der Waals surface area (Å²) in [5.41, 5.74) is 3.33. The molecule has 1 aromatic carbocycles. The fourth-order valence-electron chi connectivity index (χ4n) is 4.08. The third-order valence-electron chi connectivity index (χ3n) is 5.47. The monoisotopic (exact) mass is 371 g/mol. The lowest BCUT2D eigenvalue weighted by Crippen LogP contribution is -2.12. The molecule has 28 heavy (non-hydrogen) atoms. The second-order valence-corrected chi connectivity index (χ2v) is 7.34. The fourth-order valence-corrected chi connectivity index (χ4v) is 4.08. The van der Waals surface area contributed by atoms with Crippen LogP contribution in [-0.4, -0.2) is 24.7 Å². The highest BCUT2D eigenvalue weighted by atomic mass is 16.1. The predicted molar refractivity (Wildman–Crippen MR) is 108 cm³/mol. The maximum absolute atomic E-state index is 13.0. The van der Waals surface area contributed by atoms with Gasteiger partial charge in [-0.2, -0.15) is 5.10 Å². The molecule has 0 spiro atoms. The average Bonchev–Trinajstić information content (AvgIpc) is 3.38. The van der Waals surface area contributed by atoms with Crippen molar-refractivity contribution < 1.29 is 0 Å². The van der Waals surface area contributed by atoms with Crippen molar-refractivity contribution in [1.29, 1.82) is 0 Å². The Balaban J connectivity index is 1.69. The van der Waals surface area contributed by atoms with E-state index in [-0.39, 0.29) is 5.56 Å². The molecular weight excluding hydrogens is 350 g/mol. The number of aromatic amines is 1. The van der Waals surface area contributed by atoms with Gasteiger partial charge in [0.25, 0.3) is 5.56 Å². The molecule has 1 aliphatic carbocycles. The molecule has 0 atom stereocenters. The highest BCUT2D eigenvalue weighted by Gasteiger charge is 2.24. The number of aromatic nitrogens is 5. The minimum atomic E-state index is -0.132. The van der Waals surface area contributed by atoms with Crippen LogP contribution in [0.2, 0.25) is 0 Å². The van der Waals surface area contributed by atoms with Crippen LogP contribution in [-0.2, 0) is 6.42 Å². The number of benzene rings is 1. The van der Waals surface area contributed by atoms with E-state index in [9.17, 15) is 4.79 Å². The third kappa shape index (κ3) is 3.01. The summed E-state index contributed by atoms with van der Waals surface area (Å²) < 4.78 is 2.00. The summed E-state index contributed by atoms with van der Waals surface area (Å²) in [5, 5.41) is 5.49. The van der Waals surface area contributed by atoms with Gasteiger partial charge in [0.1, 0.15) is 11.2 Å². The van der Waals surface area contributed by atoms with E-state index in [1.165, 1.54) is 12.8 Å². The maximum atomic E-state index is 13.0. The Morgan fingerprint density at radius 2 is 1.79 bits per heavy atom. The van der Waals surface area contributed by atoms with Crippen LogP contribution in [0.15, 0.2) is 59.7 Å². The smallest absolute Gasteiger partial charge is 0.262 e. The van der Waals surface area contributed by atoms with Gasteiger partial charge in [-0.25, -0.2) is 9.67 Å². The van der Waals surface area contributed by atoms with E-state index in [0.29, 0.717) is 29.3 Å². The van der Waals surface area contributed by atoms with Gasteiger partial charge in [0.05, 0.1) is 11.7 Å². The van der Waals surface area contributed by atoms with E-state index in [1.807, 2.05) is 35.0 Å². The Morgan fingerprint density at radius 3 is 2.54 bits per heavy atom. The second-order valence-electron chi connectivity index (χ2n) is 7.34. The summed E-state index contributed by atoms with van der Waals surface area (Å²) in [6.45, 7) is 0. The van der Waals surface area contributed by atoms with Crippen LogP contribution in [0, 0.1) is 0 Å². The average molecular weight is 371 g/mol. The van der Waals surface area contributed by atoms with E-state index in [2.05, 4.69) is 22.1 Å². The molecule has 0 amide bonds. The predicted octanol–water partition coefficient (Wildman–Crippen LogP) is 3.89. The van der Waals surface area contributed by atoms with Crippen molar-refractivity contribution in [3.05, 3.63) is 76.5 Å². The van der Waals surface area contributed by atoms with E-state index in [0.717, 1.165) is 29.7 Å². The zero-order valence-corrected chi connectivity index (χ0v) is 15.5. The molecule has 1 saturated carbocycles. The van der Waals surface area contributed by atoms with Gasteiger partial charge < -0.3 is 4.98 Å². The summed E-state index contributed by atoms with van der Waals surface area (Å²) >= 11 is 0. The molecule has 3 aromatic heterocycles. The molecule has 0 unspecified atom stereocenters. The largest absolute Gasteiger partial charge is 0.306 e. The van der Waals surface area contributed by atoms with E-state index >= 15 is 0 Å². The number of hydrogen-bond donors (Lipinski definition) is 1. The Morgan fingerprint density at radius 1 is 1.04 bits per heavy atom. The fraction of sp³-hybridized carbons (Fsp3) is 0.273. The lowest BCUT2D eigenvalue weighted by atomic mass is 10.1. The molecule has 1 fully saturated rings. The summed E-state index contributed by atoms with van der Waals surface area (Å²) in [7, 11) is 0. The number of nitrogens with zero attached hydrogens (tertiary/aromatic N) is 4. The quantitative estimate of drug-likeness (QED) is 0.590. The van der Waals surface area contributed by atoms with E-state index in [1.54, 1.807) is 12.4 Å². The summed E-state index contributed by atoms with van der Waals surface area (Å²) in [4.78, 5) is 24.9. The molecular formula is C22H21N5O. The number of fused-ring (bicyclic) bond motifs is 1. The highest BCUT2D eigenvalue weighted by Crippen LogP contribution is 2.32. The Bertz CT molecular complexity index is 1160. The number of rotatable bonds is 4. The number of hydrogen-bond acceptors (Lipinski definition) is 4. The lowest BCUT2D eigenvalue weighted by molar-refractivity contribution is 0.475. The molecule has 140 valence electrons. The molecule has 0 radical (unpaired) electrons. The molecule has 6 heteroatoms. The van der Waals surface area contributed by atoms with Crippen LogP contribution < -0.4 is 5.56 Å². The van der Waals surface area contributed by atoms with Crippen LogP contribution in [0.1, 0.15) is 43.0 Å². The molecule has 0 saturated heterocycles. The third-order valence-corrected chi connectivity index (χ3v) is 5.47. The first-order valence-electron chi connectivity index (χ1n) is 9.75. The van der Waals surface area contributed by atoms with Crippen LogP contribution in [0.4, 0.5) is 0 Å². The van der Waals surface area contributed by atoms with Gasteiger partial charge in [0.2, 0.25) is 0 Å². The maximum Gasteiger partial charge on any atom is 0.262 e. The van der Waals surface area contributed by atoms with Gasteiger partial charge in [-0.15, -0.1) is 0 Å². The van der Waals surface area contributed by atoms with Crippen molar-refractivity contribution >= 4 is 11.0 Å². The lowest BCUT2D eigenvalue weighted by Gasteiger charge is -2.11. The van der Waals surface area contributed by atoms with Crippen molar-refractivity contribution in [2.45, 2.75) is 38.1 Å². The van der Waals surface area contributed by atoms with Crippen molar-refractivity contribution in [3.8, 4) is 11.4 Å². The van der Waals surface area contributed by atoms with Gasteiger partial charge >= 0.3 is 0 Å². The number of pyridine rings is 1. The summed E-state index contributed by atoms with van der Waals surface area (Å²) in [6, 6.07) is 14.2. The molecule has 3 heterocycles. The summed E-state index contributed by atoms with van der Waals surface area (Å²) in [6.07, 6.45) is 8.59. The second kappa shape index (κ2) is 7.03. The van der Waals surface area contributed by atoms with E-state index < -0.39 is 0 Å². The normalized spacial score (nSPS) is 14.7. The number of nitrogens with one attached hydrogen (secondary N) is 1. The number of H-pyrrole nitrogens is 1. The minimum Gasteiger partial charge on any atom is -0.306 e. The zero-order valence-electron chi connectivity index (χ0n) is 15.5. The highest BCUT2D eigenvalue weighted by molar-refractivity contribution is 5.79. The molecule has 0 bridgehead atoms. The first kappa shape index (κ1) is 16.9. The first-order chi connectivity index (χ1) is 13.8. The Hall–Kier alpha value is -3.28. The van der Waals surface area contributed by atoms with Gasteiger partial charge in [-0.05, 0) is 30.5 Å². The molecule has 5 rings (SSSR count). The van der Waals surface area contributed by atoms with Gasteiger partial charge in [0, 0.05) is 24.4 Å². The van der Waals surface area contributed by atoms with Gasteiger partial charge in [-0.1, -0.05) is 43.2 Å². The minimum absolute atomic E-state index is 0.132. The van der Waals surface area contributed by atoms with Crippen LogP contribution in [0.3, 0.4) is 0 Å². The van der Waals surface area contributed by atoms with Crippen LogP contribution in [0.25, 0.3) is 22.4 Å². The van der Waals surface area contributed by atoms with Crippen LogP contribution in [0.5, 0.6) is 0 Å². The SMILES string of the molecule is O=c1[nH]c(-c2ccncc2)nc2c1c(Cc1ccccc1)nn2C1CCCC1. The molecule has 6 nitrogen and oxygen atoms in total. The Kier molecular flexibility index (Phi) is 4.24. The Labute approximate surface area is 162 Å². The topological polar surface area (TPSA) is 76.5 Å². The van der Waals surface area contributed by atoms with Crippen molar-refractivity contribution in [2.75, 3.05) is 0 Å². The molecule has 4 aromatic rings. The molecule has 1 aliphatic rings. The first-order valence-corrected chi connectivity index (χ1v) is 9.75. The van der Waals surface area contributed by atoms with Crippen molar-refractivity contribution in [2.24, 2.45) is 0 Å². The van der Waals surface area contributed by atoms with Crippen molar-refractivity contribution in [1.82, 2.24) is 24.7 Å². The standard InChI is InChI=1S/C22H21N5O/c28-22-19-18(14-15-6-2-1-3-7-15)26-27(17-8-4-5-9-17)21(19)24-20(25-22)16-10-12-23-13-11-16/h1-3,6-7,10-13,17H,4-5,8-9,14H2,(H,24,25,28). The van der Waals surface area contributed by atoms with Crippen molar-refractivity contribution in [3.63, 3.8) is 0 Å². The molecule has 0 aliphatic heterocycles. The zero-order chi connectivity index (χ0) is 18.9. The van der Waals surface area contributed by atoms with Gasteiger partial charge in [0.15, 0.2) is 5.65 Å². The molecule has 1 N–H and O–H groups in total. The van der Waals surface area contributed by atoms with Gasteiger partial charge in [-0.3, -0.25) is 9.78 Å². The summed E-state index contributed by atoms with van der Waals surface area (Å²) in [5.74, 6) is 0.560.